The number of aryl methyl sites for hydroxylation is 1. The number of fused-ring (bicyclic) bond motifs is 1. The van der Waals surface area contributed by atoms with Crippen LogP contribution in [0.5, 0.6) is 0 Å². The summed E-state index contributed by atoms with van der Waals surface area (Å²) in [7, 11) is 1.76. The summed E-state index contributed by atoms with van der Waals surface area (Å²) >= 11 is 0. The molecule has 0 unspecified atom stereocenters. The van der Waals surface area contributed by atoms with E-state index in [1.807, 2.05) is 6.92 Å². The van der Waals surface area contributed by atoms with Gasteiger partial charge in [-0.05, 0) is 43.7 Å². The van der Waals surface area contributed by atoms with Crippen molar-refractivity contribution in [2.24, 2.45) is 7.05 Å². The molecule has 142 valence electrons. The number of anilines is 1. The van der Waals surface area contributed by atoms with Crippen molar-refractivity contribution in [2.45, 2.75) is 25.0 Å². The minimum atomic E-state index is -0.703. The summed E-state index contributed by atoms with van der Waals surface area (Å²) in [5.74, 6) is -0.657. The molecule has 1 aromatic carbocycles. The van der Waals surface area contributed by atoms with Crippen molar-refractivity contribution < 1.29 is 18.7 Å². The molecule has 2 saturated heterocycles. The Hall–Kier alpha value is -2.74. The maximum absolute atomic E-state index is 13.3. The van der Waals surface area contributed by atoms with E-state index >= 15 is 0 Å². The molecular weight excluding hydrogens is 351 g/mol. The number of rotatable bonds is 2. The number of carbonyl (C=O) groups excluding carboxylic acids is 2. The second-order valence-electron chi connectivity index (χ2n) is 7.25. The number of morpholine rings is 1. The van der Waals surface area contributed by atoms with Crippen LogP contribution in [0.3, 0.4) is 0 Å². The van der Waals surface area contributed by atoms with Crippen LogP contribution in [0.1, 0.15) is 23.8 Å². The fourth-order valence-electron chi connectivity index (χ4n) is 3.95. The molecule has 0 bridgehead atoms. The van der Waals surface area contributed by atoms with Crippen molar-refractivity contribution in [3.05, 3.63) is 48.0 Å². The van der Waals surface area contributed by atoms with Crippen LogP contribution in [0.4, 0.5) is 10.1 Å². The van der Waals surface area contributed by atoms with Gasteiger partial charge in [-0.1, -0.05) is 0 Å². The lowest BCUT2D eigenvalue weighted by atomic mass is 9.85. The lowest BCUT2D eigenvalue weighted by Crippen LogP contribution is -2.68. The van der Waals surface area contributed by atoms with Crippen LogP contribution in [0, 0.1) is 5.82 Å². The molecular formula is C19H21FN4O3. The largest absolute Gasteiger partial charge is 0.361 e. The first-order valence-corrected chi connectivity index (χ1v) is 8.88. The molecule has 8 heteroatoms. The molecule has 2 aliphatic rings. The monoisotopic (exact) mass is 372 g/mol. The van der Waals surface area contributed by atoms with Gasteiger partial charge in [0.1, 0.15) is 23.7 Å². The SMILES string of the molecule is Cn1ccc(C(=O)N2CC[C@H]3N(c4ccc(F)cc4)C(=O)CO[C@]3(C)C2)n1. The number of carbonyl (C=O) groups is 2. The van der Waals surface area contributed by atoms with Gasteiger partial charge in [0.05, 0.1) is 12.6 Å². The molecule has 2 amide bonds. The average molecular weight is 372 g/mol. The van der Waals surface area contributed by atoms with Gasteiger partial charge in [0.15, 0.2) is 0 Å². The van der Waals surface area contributed by atoms with E-state index < -0.39 is 5.60 Å². The minimum absolute atomic E-state index is 0.0734. The third-order valence-electron chi connectivity index (χ3n) is 5.31. The van der Waals surface area contributed by atoms with Crippen molar-refractivity contribution in [1.82, 2.24) is 14.7 Å². The highest BCUT2D eigenvalue weighted by molar-refractivity contribution is 5.96. The number of benzene rings is 1. The van der Waals surface area contributed by atoms with Crippen LogP contribution in [0.25, 0.3) is 0 Å². The molecule has 0 spiro atoms. The maximum Gasteiger partial charge on any atom is 0.274 e. The number of likely N-dealkylation sites (tertiary alicyclic amines) is 1. The van der Waals surface area contributed by atoms with Crippen molar-refractivity contribution in [2.75, 3.05) is 24.6 Å². The Morgan fingerprint density at radius 3 is 2.70 bits per heavy atom. The first-order chi connectivity index (χ1) is 12.9. The molecule has 2 atom stereocenters. The lowest BCUT2D eigenvalue weighted by Gasteiger charge is -2.52. The molecule has 0 N–H and O–H groups in total. The highest BCUT2D eigenvalue weighted by atomic mass is 19.1. The lowest BCUT2D eigenvalue weighted by molar-refractivity contribution is -0.149. The zero-order valence-corrected chi connectivity index (χ0v) is 15.3. The second-order valence-corrected chi connectivity index (χ2v) is 7.25. The quantitative estimate of drug-likeness (QED) is 0.803. The van der Waals surface area contributed by atoms with Gasteiger partial charge in [-0.25, -0.2) is 4.39 Å². The molecule has 2 aliphatic heterocycles. The first-order valence-electron chi connectivity index (χ1n) is 8.88. The van der Waals surface area contributed by atoms with Gasteiger partial charge in [0, 0.05) is 25.5 Å². The number of aromatic nitrogens is 2. The van der Waals surface area contributed by atoms with Crippen LogP contribution >= 0.6 is 0 Å². The number of halogens is 1. The summed E-state index contributed by atoms with van der Waals surface area (Å²) in [6, 6.07) is 7.35. The Kier molecular flexibility index (Phi) is 4.22. The van der Waals surface area contributed by atoms with E-state index in [2.05, 4.69) is 5.10 Å². The Morgan fingerprint density at radius 2 is 2.04 bits per heavy atom. The maximum atomic E-state index is 13.3. The predicted molar refractivity (Wildman–Crippen MR) is 95.8 cm³/mol. The average Bonchev–Trinajstić information content (AvgIpc) is 3.08. The molecule has 7 nitrogen and oxygen atoms in total. The van der Waals surface area contributed by atoms with Crippen LogP contribution in [0.2, 0.25) is 0 Å². The van der Waals surface area contributed by atoms with E-state index in [0.29, 0.717) is 30.9 Å². The Balaban J connectivity index is 1.58. The zero-order chi connectivity index (χ0) is 19.2. The van der Waals surface area contributed by atoms with E-state index in [1.54, 1.807) is 45.9 Å². The summed E-state index contributed by atoms with van der Waals surface area (Å²) < 4.78 is 20.8. The van der Waals surface area contributed by atoms with Crippen molar-refractivity contribution in [1.29, 1.82) is 0 Å². The second kappa shape index (κ2) is 6.45. The zero-order valence-electron chi connectivity index (χ0n) is 15.3. The van der Waals surface area contributed by atoms with E-state index in [-0.39, 0.29) is 30.3 Å². The normalized spacial score (nSPS) is 25.4. The Bertz CT molecular complexity index is 881. The summed E-state index contributed by atoms with van der Waals surface area (Å²) in [4.78, 5) is 28.7. The molecule has 2 fully saturated rings. The molecule has 0 radical (unpaired) electrons. The Morgan fingerprint density at radius 1 is 1.30 bits per heavy atom. The van der Waals surface area contributed by atoms with Gasteiger partial charge in [0.25, 0.3) is 11.8 Å². The fraction of sp³-hybridized carbons (Fsp3) is 0.421. The molecule has 0 saturated carbocycles. The summed E-state index contributed by atoms with van der Waals surface area (Å²) in [5, 5.41) is 4.18. The molecule has 1 aromatic heterocycles. The van der Waals surface area contributed by atoms with E-state index in [9.17, 15) is 14.0 Å². The molecule has 0 aliphatic carbocycles. The van der Waals surface area contributed by atoms with Gasteiger partial charge in [0.2, 0.25) is 0 Å². The number of nitrogens with zero attached hydrogens (tertiary/aromatic N) is 4. The Labute approximate surface area is 156 Å². The van der Waals surface area contributed by atoms with E-state index in [1.165, 1.54) is 12.1 Å². The van der Waals surface area contributed by atoms with Crippen LogP contribution in [-0.4, -0.2) is 57.8 Å². The van der Waals surface area contributed by atoms with Gasteiger partial charge in [-0.3, -0.25) is 14.3 Å². The van der Waals surface area contributed by atoms with Crippen LogP contribution in [-0.2, 0) is 16.6 Å². The van der Waals surface area contributed by atoms with Crippen LogP contribution in [0.15, 0.2) is 36.5 Å². The topological polar surface area (TPSA) is 67.7 Å². The number of amides is 2. The standard InChI is InChI=1S/C19H21FN4O3/c1-19-12-23(18(26)15-7-9-22(2)21-15)10-8-16(19)24(17(25)11-27-19)14-5-3-13(20)4-6-14/h3-7,9,16H,8,10-12H2,1-2H3/t16-,19-/m1/s1. The number of hydrogen-bond donors (Lipinski definition) is 0. The van der Waals surface area contributed by atoms with Gasteiger partial charge in [-0.2, -0.15) is 5.10 Å². The third kappa shape index (κ3) is 3.10. The van der Waals surface area contributed by atoms with Gasteiger partial charge < -0.3 is 14.5 Å². The van der Waals surface area contributed by atoms with Crippen LogP contribution < -0.4 is 4.90 Å². The molecule has 3 heterocycles. The fourth-order valence-corrected chi connectivity index (χ4v) is 3.95. The van der Waals surface area contributed by atoms with Crippen molar-refractivity contribution in [3.8, 4) is 0 Å². The third-order valence-corrected chi connectivity index (χ3v) is 5.31. The molecule has 4 rings (SSSR count). The number of ether oxygens (including phenoxy) is 1. The summed E-state index contributed by atoms with van der Waals surface area (Å²) in [6.07, 6.45) is 2.30. The molecule has 27 heavy (non-hydrogen) atoms. The van der Waals surface area contributed by atoms with Crippen molar-refractivity contribution >= 4 is 17.5 Å². The van der Waals surface area contributed by atoms with Gasteiger partial charge in [-0.15, -0.1) is 0 Å². The highest BCUT2D eigenvalue weighted by Gasteiger charge is 2.50. The van der Waals surface area contributed by atoms with Gasteiger partial charge >= 0.3 is 0 Å². The number of hydrogen-bond acceptors (Lipinski definition) is 4. The molecule has 2 aromatic rings. The minimum Gasteiger partial charge on any atom is -0.361 e. The van der Waals surface area contributed by atoms with Crippen molar-refractivity contribution in [3.63, 3.8) is 0 Å². The summed E-state index contributed by atoms with van der Waals surface area (Å²) in [6.45, 7) is 2.69. The first kappa shape index (κ1) is 17.7. The highest BCUT2D eigenvalue weighted by Crippen LogP contribution is 2.36. The summed E-state index contributed by atoms with van der Waals surface area (Å²) in [5.41, 5.74) is 0.331. The predicted octanol–water partition coefficient (Wildman–Crippen LogP) is 1.60. The van der Waals surface area contributed by atoms with E-state index in [0.717, 1.165) is 0 Å². The number of piperidine rings is 1. The van der Waals surface area contributed by atoms with E-state index in [4.69, 9.17) is 4.74 Å². The smallest absolute Gasteiger partial charge is 0.274 e.